The molecule has 0 unspecified atom stereocenters. The summed E-state index contributed by atoms with van der Waals surface area (Å²) in [6.45, 7) is 0. The zero-order valence-corrected chi connectivity index (χ0v) is 12.6. The molecule has 20 heavy (non-hydrogen) atoms. The fraction of sp³-hybridized carbons (Fsp3) is 0.188. The minimum atomic E-state index is 0.707. The molecule has 2 aromatic rings. The van der Waals surface area contributed by atoms with Gasteiger partial charge in [-0.15, -0.1) is 11.8 Å². The summed E-state index contributed by atoms with van der Waals surface area (Å²) in [6, 6.07) is 16.0. The first-order chi connectivity index (χ1) is 9.71. The van der Waals surface area contributed by atoms with Crippen LogP contribution in [0.25, 0.3) is 0 Å². The Morgan fingerprint density at radius 1 is 1.15 bits per heavy atom. The van der Waals surface area contributed by atoms with Crippen molar-refractivity contribution in [1.29, 1.82) is 5.26 Å². The van der Waals surface area contributed by atoms with Crippen LogP contribution in [-0.2, 0) is 0 Å². The van der Waals surface area contributed by atoms with E-state index in [0.29, 0.717) is 5.56 Å². The molecule has 0 aliphatic carbocycles. The lowest BCUT2D eigenvalue weighted by Crippen LogP contribution is -2.11. The number of hydrogen-bond donors (Lipinski definition) is 0. The molecule has 0 aliphatic heterocycles. The lowest BCUT2D eigenvalue weighted by Gasteiger charge is -2.21. The smallest absolute Gasteiger partial charge is 0.119 e. The molecule has 0 aliphatic rings. The van der Waals surface area contributed by atoms with Crippen LogP contribution in [0, 0.1) is 11.3 Å². The van der Waals surface area contributed by atoms with Crippen molar-refractivity contribution in [3.8, 4) is 11.8 Å². The van der Waals surface area contributed by atoms with Crippen molar-refractivity contribution in [2.75, 3.05) is 25.3 Å². The van der Waals surface area contributed by atoms with Crippen LogP contribution in [-0.4, -0.2) is 20.4 Å². The number of rotatable bonds is 4. The molecule has 0 fully saturated rings. The lowest BCUT2D eigenvalue weighted by molar-refractivity contribution is 0.415. The summed E-state index contributed by atoms with van der Waals surface area (Å²) in [5, 5.41) is 9.40. The number of nitriles is 1. The van der Waals surface area contributed by atoms with Gasteiger partial charge in [0.1, 0.15) is 11.8 Å². The molecule has 0 saturated carbocycles. The molecule has 0 N–H and O–H groups in total. The normalized spacial score (nSPS) is 9.90. The maximum atomic E-state index is 9.40. The van der Waals surface area contributed by atoms with Crippen LogP contribution < -0.4 is 9.64 Å². The van der Waals surface area contributed by atoms with Crippen LogP contribution in [0.5, 0.6) is 5.75 Å². The molecule has 0 aromatic heterocycles. The predicted octanol–water partition coefficient (Wildman–Crippen LogP) is 4.06. The first-order valence-corrected chi connectivity index (χ1v) is 7.38. The molecule has 102 valence electrons. The topological polar surface area (TPSA) is 36.3 Å². The highest BCUT2D eigenvalue weighted by Gasteiger charge is 2.12. The van der Waals surface area contributed by atoms with Gasteiger partial charge in [-0.25, -0.2) is 0 Å². The van der Waals surface area contributed by atoms with Gasteiger partial charge in [-0.05, 0) is 42.7 Å². The molecule has 0 bridgehead atoms. The fourth-order valence-electron chi connectivity index (χ4n) is 2.03. The van der Waals surface area contributed by atoms with Gasteiger partial charge in [-0.3, -0.25) is 0 Å². The minimum Gasteiger partial charge on any atom is -0.497 e. The Bertz CT molecular complexity index is 632. The first kappa shape index (κ1) is 14.3. The van der Waals surface area contributed by atoms with E-state index in [1.165, 1.54) is 0 Å². The number of ether oxygens (including phenoxy) is 1. The lowest BCUT2D eigenvalue weighted by atomic mass is 10.1. The van der Waals surface area contributed by atoms with E-state index in [9.17, 15) is 5.26 Å². The van der Waals surface area contributed by atoms with Gasteiger partial charge in [0.2, 0.25) is 0 Å². The molecular weight excluding hydrogens is 268 g/mol. The number of hydrogen-bond acceptors (Lipinski definition) is 4. The quantitative estimate of drug-likeness (QED) is 0.793. The number of benzene rings is 2. The third kappa shape index (κ3) is 2.73. The van der Waals surface area contributed by atoms with Crippen LogP contribution in [0.15, 0.2) is 47.4 Å². The molecule has 2 rings (SSSR count). The molecule has 0 amide bonds. The summed E-state index contributed by atoms with van der Waals surface area (Å²) >= 11 is 1.58. The van der Waals surface area contributed by atoms with Crippen LogP contribution in [0.2, 0.25) is 0 Å². The second-order valence-electron chi connectivity index (χ2n) is 4.22. The van der Waals surface area contributed by atoms with Gasteiger partial charge in [-0.1, -0.05) is 6.07 Å². The van der Waals surface area contributed by atoms with Crippen molar-refractivity contribution >= 4 is 23.1 Å². The molecule has 0 radical (unpaired) electrons. The summed E-state index contributed by atoms with van der Waals surface area (Å²) in [6.07, 6.45) is 1.98. The van der Waals surface area contributed by atoms with E-state index >= 15 is 0 Å². The molecule has 0 heterocycles. The molecule has 0 saturated heterocycles. The van der Waals surface area contributed by atoms with E-state index in [0.717, 1.165) is 22.0 Å². The van der Waals surface area contributed by atoms with E-state index in [4.69, 9.17) is 4.74 Å². The van der Waals surface area contributed by atoms with Crippen molar-refractivity contribution in [2.45, 2.75) is 4.90 Å². The van der Waals surface area contributed by atoms with E-state index in [1.807, 2.05) is 60.7 Å². The Labute approximate surface area is 123 Å². The van der Waals surface area contributed by atoms with E-state index in [-0.39, 0.29) is 0 Å². The molecule has 0 atom stereocenters. The zero-order valence-electron chi connectivity index (χ0n) is 11.8. The Kier molecular flexibility index (Phi) is 4.54. The van der Waals surface area contributed by atoms with Crippen molar-refractivity contribution in [3.63, 3.8) is 0 Å². The summed E-state index contributed by atoms with van der Waals surface area (Å²) in [7, 11) is 3.61. The van der Waals surface area contributed by atoms with Crippen molar-refractivity contribution in [2.24, 2.45) is 0 Å². The van der Waals surface area contributed by atoms with Gasteiger partial charge in [0, 0.05) is 17.6 Å². The monoisotopic (exact) mass is 284 g/mol. The highest BCUT2D eigenvalue weighted by atomic mass is 32.2. The third-order valence-electron chi connectivity index (χ3n) is 3.16. The standard InChI is InChI=1S/C16H16N2OS/c1-18(12-7-9-13(19-2)10-8-12)15-5-4-6-16(20-3)14(15)11-17/h4-10H,1-3H3. The Morgan fingerprint density at radius 2 is 1.85 bits per heavy atom. The second-order valence-corrected chi connectivity index (χ2v) is 5.07. The van der Waals surface area contributed by atoms with E-state index in [1.54, 1.807) is 18.9 Å². The molecule has 2 aromatic carbocycles. The largest absolute Gasteiger partial charge is 0.497 e. The zero-order chi connectivity index (χ0) is 14.5. The van der Waals surface area contributed by atoms with Gasteiger partial charge in [-0.2, -0.15) is 5.26 Å². The Hall–Kier alpha value is -2.12. The SMILES string of the molecule is COc1ccc(N(C)c2cccc(SC)c2C#N)cc1. The highest BCUT2D eigenvalue weighted by molar-refractivity contribution is 7.98. The molecule has 3 nitrogen and oxygen atoms in total. The first-order valence-electron chi connectivity index (χ1n) is 6.16. The minimum absolute atomic E-state index is 0.707. The highest BCUT2D eigenvalue weighted by Crippen LogP contribution is 2.32. The van der Waals surface area contributed by atoms with Gasteiger partial charge < -0.3 is 9.64 Å². The van der Waals surface area contributed by atoms with Crippen molar-refractivity contribution < 1.29 is 4.74 Å². The maximum Gasteiger partial charge on any atom is 0.119 e. The van der Waals surface area contributed by atoms with Gasteiger partial charge in [0.25, 0.3) is 0 Å². The van der Waals surface area contributed by atoms with Gasteiger partial charge >= 0.3 is 0 Å². The van der Waals surface area contributed by atoms with Gasteiger partial charge in [0.05, 0.1) is 18.4 Å². The van der Waals surface area contributed by atoms with Crippen LogP contribution in [0.3, 0.4) is 0 Å². The molecule has 0 spiro atoms. The fourth-order valence-corrected chi connectivity index (χ4v) is 2.60. The van der Waals surface area contributed by atoms with Crippen LogP contribution in [0.1, 0.15) is 5.56 Å². The summed E-state index contributed by atoms with van der Waals surface area (Å²) < 4.78 is 5.16. The third-order valence-corrected chi connectivity index (χ3v) is 3.94. The number of thioether (sulfide) groups is 1. The van der Waals surface area contributed by atoms with Crippen LogP contribution in [0.4, 0.5) is 11.4 Å². The van der Waals surface area contributed by atoms with Crippen LogP contribution >= 0.6 is 11.8 Å². The average molecular weight is 284 g/mol. The predicted molar refractivity (Wildman–Crippen MR) is 84.0 cm³/mol. The summed E-state index contributed by atoms with van der Waals surface area (Å²) in [5.74, 6) is 0.820. The Morgan fingerprint density at radius 3 is 2.40 bits per heavy atom. The van der Waals surface area contributed by atoms with Crippen molar-refractivity contribution in [1.82, 2.24) is 0 Å². The Balaban J connectivity index is 2.42. The molecular formula is C16H16N2OS. The van der Waals surface area contributed by atoms with Crippen molar-refractivity contribution in [3.05, 3.63) is 48.0 Å². The number of anilines is 2. The van der Waals surface area contributed by atoms with E-state index < -0.39 is 0 Å². The maximum absolute atomic E-state index is 9.40. The summed E-state index contributed by atoms with van der Waals surface area (Å²) in [4.78, 5) is 3.00. The van der Waals surface area contributed by atoms with Gasteiger partial charge in [0.15, 0.2) is 0 Å². The number of nitrogens with zero attached hydrogens (tertiary/aromatic N) is 2. The number of methoxy groups -OCH3 is 1. The average Bonchev–Trinajstić information content (AvgIpc) is 2.53. The molecule has 4 heteroatoms. The van der Waals surface area contributed by atoms with E-state index in [2.05, 4.69) is 6.07 Å². The summed E-state index contributed by atoms with van der Waals surface area (Å²) in [5.41, 5.74) is 2.63. The second kappa shape index (κ2) is 6.36.